The van der Waals surface area contributed by atoms with Gasteiger partial charge >= 0.3 is 0 Å². The molecule has 6 heteroatoms. The molecule has 4 rings (SSSR count). The lowest BCUT2D eigenvalue weighted by molar-refractivity contribution is 0.498. The number of aromatic nitrogens is 3. The fourth-order valence-electron chi connectivity index (χ4n) is 2.33. The highest BCUT2D eigenvalue weighted by atomic mass is 32.1. The number of oxazole rings is 1. The van der Waals surface area contributed by atoms with Gasteiger partial charge in [-0.3, -0.25) is 4.98 Å². The van der Waals surface area contributed by atoms with Crippen LogP contribution in [0, 0.1) is 0 Å². The van der Waals surface area contributed by atoms with E-state index in [1.54, 1.807) is 17.5 Å². The van der Waals surface area contributed by atoms with Gasteiger partial charge in [0.2, 0.25) is 5.89 Å². The van der Waals surface area contributed by atoms with Crippen LogP contribution in [0.3, 0.4) is 0 Å². The highest BCUT2D eigenvalue weighted by Gasteiger charge is 2.24. The van der Waals surface area contributed by atoms with Crippen molar-refractivity contribution in [2.24, 2.45) is 0 Å². The molecule has 0 saturated heterocycles. The molecule has 0 fully saturated rings. The number of hydrogen-bond acceptors (Lipinski definition) is 6. The molecule has 0 saturated carbocycles. The number of anilines is 1. The Hall–Kier alpha value is -2.21. The predicted molar refractivity (Wildman–Crippen MR) is 76.6 cm³/mol. The quantitative estimate of drug-likeness (QED) is 0.724. The minimum atomic E-state index is 0.608. The fraction of sp³-hybridized carbons (Fsp3) is 0.214. The van der Waals surface area contributed by atoms with Gasteiger partial charge in [-0.1, -0.05) is 6.07 Å². The van der Waals surface area contributed by atoms with Crippen molar-refractivity contribution >= 4 is 16.5 Å². The molecule has 0 bridgehead atoms. The number of fused-ring (bicyclic) bond motifs is 1. The zero-order chi connectivity index (χ0) is 13.4. The van der Waals surface area contributed by atoms with Crippen LogP contribution >= 0.6 is 11.3 Å². The summed E-state index contributed by atoms with van der Waals surface area (Å²) >= 11 is 1.65. The zero-order valence-corrected chi connectivity index (χ0v) is 11.5. The van der Waals surface area contributed by atoms with E-state index in [0.29, 0.717) is 5.89 Å². The summed E-state index contributed by atoms with van der Waals surface area (Å²) in [6, 6.07) is 5.74. The third kappa shape index (κ3) is 1.98. The van der Waals surface area contributed by atoms with Gasteiger partial charge in [-0.15, -0.1) is 11.3 Å². The first kappa shape index (κ1) is 11.6. The Morgan fingerprint density at radius 2 is 2.20 bits per heavy atom. The summed E-state index contributed by atoms with van der Waals surface area (Å²) in [4.78, 5) is 15.5. The van der Waals surface area contributed by atoms with E-state index in [2.05, 4.69) is 19.9 Å². The summed E-state index contributed by atoms with van der Waals surface area (Å²) < 4.78 is 5.84. The molecule has 1 aliphatic rings. The number of thiazole rings is 1. The Morgan fingerprint density at radius 1 is 1.20 bits per heavy atom. The van der Waals surface area contributed by atoms with Crippen molar-refractivity contribution < 1.29 is 4.42 Å². The lowest BCUT2D eigenvalue weighted by atomic mass is 10.2. The number of pyridine rings is 1. The van der Waals surface area contributed by atoms with Gasteiger partial charge in [0.25, 0.3) is 0 Å². The third-order valence-electron chi connectivity index (χ3n) is 3.30. The molecule has 100 valence electrons. The van der Waals surface area contributed by atoms with Gasteiger partial charge in [-0.2, -0.15) is 0 Å². The average Bonchev–Trinajstić information content (AvgIpc) is 3.16. The minimum Gasteiger partial charge on any atom is -0.439 e. The molecule has 0 unspecified atom stereocenters. The molecule has 20 heavy (non-hydrogen) atoms. The summed E-state index contributed by atoms with van der Waals surface area (Å²) in [5.74, 6) is 1.58. The van der Waals surface area contributed by atoms with Crippen LogP contribution in [0.4, 0.5) is 5.13 Å². The molecular formula is C14H12N4OS. The molecule has 0 radical (unpaired) electrons. The van der Waals surface area contributed by atoms with Crippen LogP contribution in [0.25, 0.3) is 11.6 Å². The second kappa shape index (κ2) is 4.72. The van der Waals surface area contributed by atoms with Gasteiger partial charge in [0.1, 0.15) is 17.1 Å². The molecule has 0 amide bonds. The molecule has 3 aromatic rings. The molecule has 4 heterocycles. The fourth-order valence-corrected chi connectivity index (χ4v) is 3.00. The Bertz CT molecular complexity index is 708. The van der Waals surface area contributed by atoms with Crippen molar-refractivity contribution in [1.29, 1.82) is 0 Å². The molecule has 5 nitrogen and oxygen atoms in total. The van der Waals surface area contributed by atoms with Crippen LogP contribution in [-0.4, -0.2) is 21.5 Å². The maximum Gasteiger partial charge on any atom is 0.245 e. The summed E-state index contributed by atoms with van der Waals surface area (Å²) in [6.07, 6.45) is 4.44. The van der Waals surface area contributed by atoms with Crippen LogP contribution in [0.1, 0.15) is 11.5 Å². The highest BCUT2D eigenvalue weighted by molar-refractivity contribution is 7.13. The van der Waals surface area contributed by atoms with Gasteiger partial charge in [0.15, 0.2) is 5.13 Å². The number of nitrogens with zero attached hydrogens (tertiary/aromatic N) is 4. The van der Waals surface area contributed by atoms with E-state index in [9.17, 15) is 0 Å². The average molecular weight is 284 g/mol. The van der Waals surface area contributed by atoms with E-state index >= 15 is 0 Å². The lowest BCUT2D eigenvalue weighted by Gasteiger charge is -2.24. The van der Waals surface area contributed by atoms with Gasteiger partial charge in [0.05, 0.1) is 6.54 Å². The van der Waals surface area contributed by atoms with Gasteiger partial charge in [-0.05, 0) is 12.1 Å². The summed E-state index contributed by atoms with van der Waals surface area (Å²) in [6.45, 7) is 1.66. The molecule has 0 spiro atoms. The van der Waals surface area contributed by atoms with Crippen LogP contribution in [-0.2, 0) is 13.0 Å². The Morgan fingerprint density at radius 3 is 3.00 bits per heavy atom. The molecule has 0 aliphatic carbocycles. The SMILES string of the molecule is c1ccc(-c2nc3c(o2)CCN(c2nccs2)C3)nc1. The van der Waals surface area contributed by atoms with E-state index in [-0.39, 0.29) is 0 Å². The third-order valence-corrected chi connectivity index (χ3v) is 4.13. The molecule has 0 aromatic carbocycles. The van der Waals surface area contributed by atoms with E-state index < -0.39 is 0 Å². The summed E-state index contributed by atoms with van der Waals surface area (Å²) in [5.41, 5.74) is 1.77. The number of rotatable bonds is 2. The first-order valence-electron chi connectivity index (χ1n) is 6.44. The van der Waals surface area contributed by atoms with Crippen LogP contribution < -0.4 is 4.90 Å². The highest BCUT2D eigenvalue weighted by Crippen LogP contribution is 2.28. The molecule has 0 atom stereocenters. The second-order valence-corrected chi connectivity index (χ2v) is 5.46. The van der Waals surface area contributed by atoms with Crippen molar-refractivity contribution in [2.75, 3.05) is 11.4 Å². The maximum atomic E-state index is 5.84. The van der Waals surface area contributed by atoms with Gasteiger partial charge in [-0.25, -0.2) is 9.97 Å². The van der Waals surface area contributed by atoms with E-state index in [0.717, 1.165) is 41.8 Å². The van der Waals surface area contributed by atoms with Crippen molar-refractivity contribution in [3.05, 3.63) is 47.4 Å². The first-order chi connectivity index (χ1) is 9.90. The normalized spacial score (nSPS) is 14.3. The molecular weight excluding hydrogens is 272 g/mol. The van der Waals surface area contributed by atoms with Crippen molar-refractivity contribution in [3.63, 3.8) is 0 Å². The second-order valence-electron chi connectivity index (χ2n) is 4.59. The Labute approximate surface area is 119 Å². The summed E-state index contributed by atoms with van der Waals surface area (Å²) in [7, 11) is 0. The molecule has 1 aliphatic heterocycles. The summed E-state index contributed by atoms with van der Waals surface area (Å²) in [5, 5.41) is 3.03. The lowest BCUT2D eigenvalue weighted by Crippen LogP contribution is -2.29. The van der Waals surface area contributed by atoms with Crippen molar-refractivity contribution in [3.8, 4) is 11.6 Å². The smallest absolute Gasteiger partial charge is 0.245 e. The first-order valence-corrected chi connectivity index (χ1v) is 7.32. The van der Waals surface area contributed by atoms with Crippen molar-refractivity contribution in [2.45, 2.75) is 13.0 Å². The van der Waals surface area contributed by atoms with Crippen LogP contribution in [0.5, 0.6) is 0 Å². The standard InChI is InChI=1S/C14H12N4OS/c1-2-5-15-10(3-1)13-17-11-9-18(7-4-12(11)19-13)14-16-6-8-20-14/h1-3,5-6,8H,4,7,9H2. The van der Waals surface area contributed by atoms with Gasteiger partial charge < -0.3 is 9.32 Å². The molecule has 3 aromatic heterocycles. The van der Waals surface area contributed by atoms with Crippen molar-refractivity contribution in [1.82, 2.24) is 15.0 Å². The Kier molecular flexibility index (Phi) is 2.74. The Balaban J connectivity index is 1.65. The monoisotopic (exact) mass is 284 g/mol. The zero-order valence-electron chi connectivity index (χ0n) is 10.7. The molecule has 0 N–H and O–H groups in total. The van der Waals surface area contributed by atoms with Gasteiger partial charge in [0, 0.05) is 30.7 Å². The van der Waals surface area contributed by atoms with E-state index in [1.165, 1.54) is 0 Å². The maximum absolute atomic E-state index is 5.84. The minimum absolute atomic E-state index is 0.608. The van der Waals surface area contributed by atoms with E-state index in [4.69, 9.17) is 4.42 Å². The van der Waals surface area contributed by atoms with E-state index in [1.807, 2.05) is 29.8 Å². The predicted octanol–water partition coefficient (Wildman–Crippen LogP) is 2.76. The number of hydrogen-bond donors (Lipinski definition) is 0. The van der Waals surface area contributed by atoms with Crippen LogP contribution in [0.2, 0.25) is 0 Å². The topological polar surface area (TPSA) is 55.1 Å². The largest absolute Gasteiger partial charge is 0.439 e. The van der Waals surface area contributed by atoms with Crippen LogP contribution in [0.15, 0.2) is 40.4 Å².